The van der Waals surface area contributed by atoms with Crippen molar-refractivity contribution in [1.82, 2.24) is 0 Å². The van der Waals surface area contributed by atoms with Crippen molar-refractivity contribution in [3.8, 4) is 0 Å². The number of aliphatic hydroxyl groups excluding tert-OH is 1. The first-order valence-electron chi connectivity index (χ1n) is 13.6. The number of ether oxygens (including phenoxy) is 2. The Bertz CT molecular complexity index is 1110. The van der Waals surface area contributed by atoms with Crippen LogP contribution < -0.4 is 0 Å². The van der Waals surface area contributed by atoms with Gasteiger partial charge in [-0.25, -0.2) is 4.79 Å². The molecule has 1 saturated heterocycles. The number of Topliss-reactive ketones (excluding diaryl/α,β-unsaturated/α-hetero) is 1. The monoisotopic (exact) mass is 520 g/mol. The molecule has 9 nitrogen and oxygen atoms in total. The number of fused-ring (bicyclic) bond motifs is 5. The van der Waals surface area contributed by atoms with Crippen LogP contribution in [0.4, 0.5) is 0 Å². The van der Waals surface area contributed by atoms with Gasteiger partial charge in [0.15, 0.2) is 0 Å². The van der Waals surface area contributed by atoms with Crippen molar-refractivity contribution in [3.05, 3.63) is 11.1 Å². The molecule has 2 aliphatic heterocycles. The van der Waals surface area contributed by atoms with Crippen LogP contribution in [0.2, 0.25) is 0 Å². The quantitative estimate of drug-likeness (QED) is 0.335. The fourth-order valence-corrected chi connectivity index (χ4v) is 9.84. The molecule has 0 spiro atoms. The number of ketones is 1. The van der Waals surface area contributed by atoms with Crippen molar-refractivity contribution in [2.24, 2.45) is 22.7 Å². The van der Waals surface area contributed by atoms with E-state index in [4.69, 9.17) is 9.47 Å². The predicted octanol–water partition coefficient (Wildman–Crippen LogP) is 0.920. The predicted molar refractivity (Wildman–Crippen MR) is 129 cm³/mol. The average molecular weight is 521 g/mol. The summed E-state index contributed by atoms with van der Waals surface area (Å²) in [5.74, 6) is -1.62. The minimum absolute atomic E-state index is 0.0212. The summed E-state index contributed by atoms with van der Waals surface area (Å²) in [6, 6.07) is 0. The van der Waals surface area contributed by atoms with Crippen molar-refractivity contribution in [2.75, 3.05) is 0 Å². The lowest BCUT2D eigenvalue weighted by atomic mass is 9.40. The van der Waals surface area contributed by atoms with Gasteiger partial charge < -0.3 is 35.0 Å². The number of rotatable bonds is 2. The normalized spacial score (nSPS) is 56.5. The highest BCUT2D eigenvalue weighted by Crippen LogP contribution is 2.73. The summed E-state index contributed by atoms with van der Waals surface area (Å²) >= 11 is 0. The largest absolute Gasteiger partial charge is 0.455 e. The van der Waals surface area contributed by atoms with Gasteiger partial charge in [-0.2, -0.15) is 0 Å². The molecule has 0 unspecified atom stereocenters. The Balaban J connectivity index is 1.40. The molecule has 9 heteroatoms. The highest BCUT2D eigenvalue weighted by atomic mass is 16.6. The van der Waals surface area contributed by atoms with Crippen LogP contribution in [0.25, 0.3) is 0 Å². The first-order valence-corrected chi connectivity index (χ1v) is 13.6. The molecule has 0 radical (unpaired) electrons. The second kappa shape index (κ2) is 7.23. The highest BCUT2D eigenvalue weighted by molar-refractivity contribution is 5.90. The highest BCUT2D eigenvalue weighted by Gasteiger charge is 2.82. The molecule has 12 atom stereocenters. The number of carbonyl (C=O) groups excluding carboxylic acids is 2. The molecule has 0 aromatic heterocycles. The minimum Gasteiger partial charge on any atom is -0.455 e. The Labute approximate surface area is 216 Å². The van der Waals surface area contributed by atoms with Crippen LogP contribution in [0.15, 0.2) is 11.1 Å². The van der Waals surface area contributed by atoms with E-state index in [0.29, 0.717) is 12.0 Å². The Morgan fingerprint density at radius 1 is 1.00 bits per heavy atom. The van der Waals surface area contributed by atoms with Crippen molar-refractivity contribution in [1.29, 1.82) is 0 Å². The smallest absolute Gasteiger partial charge is 0.334 e. The number of esters is 1. The van der Waals surface area contributed by atoms with Gasteiger partial charge in [0, 0.05) is 23.8 Å². The van der Waals surface area contributed by atoms with Crippen LogP contribution in [0.1, 0.15) is 79.6 Å². The van der Waals surface area contributed by atoms with Crippen LogP contribution in [-0.2, 0) is 19.1 Å². The standard InChI is InChI=1S/C28H40O9/c1-13-10-19(37-22(31)14(13)2)25(5,32)27(34)9-8-26(33)16-11-20-28(35)21(30)17(36-20)12-18(29)24(28,4)15(16)6-7-23(26,27)3/h15-17,19-21,30,32-35H,6-12H2,1-5H3/t15-,16+,17+,19+,20-,21-,23-,24-,25-,26+,27-,28-/m0/s1. The number of hydrogen-bond acceptors (Lipinski definition) is 9. The third-order valence-electron chi connectivity index (χ3n) is 12.6. The second-order valence-electron chi connectivity index (χ2n) is 13.5. The number of cyclic esters (lactones) is 1. The molecular weight excluding hydrogens is 480 g/mol. The summed E-state index contributed by atoms with van der Waals surface area (Å²) in [5, 5.41) is 59.5. The molecule has 0 aromatic carbocycles. The molecule has 5 N–H and O–H groups in total. The molecule has 6 rings (SSSR count). The van der Waals surface area contributed by atoms with Crippen molar-refractivity contribution in [2.45, 2.75) is 126 Å². The van der Waals surface area contributed by atoms with E-state index < -0.39 is 75.5 Å². The third kappa shape index (κ3) is 2.58. The number of aliphatic hydroxyl groups is 5. The van der Waals surface area contributed by atoms with E-state index in [9.17, 15) is 35.1 Å². The number of carbonyl (C=O) groups is 2. The van der Waals surface area contributed by atoms with Crippen LogP contribution in [-0.4, -0.2) is 84.1 Å². The summed E-state index contributed by atoms with van der Waals surface area (Å²) < 4.78 is 11.6. The summed E-state index contributed by atoms with van der Waals surface area (Å²) in [4.78, 5) is 26.0. The Hall–Kier alpha value is -1.36. The Morgan fingerprint density at radius 2 is 1.68 bits per heavy atom. The van der Waals surface area contributed by atoms with Gasteiger partial charge >= 0.3 is 5.97 Å². The van der Waals surface area contributed by atoms with Crippen LogP contribution in [0.5, 0.6) is 0 Å². The maximum atomic E-state index is 13.5. The van der Waals surface area contributed by atoms with E-state index in [1.807, 2.05) is 6.92 Å². The SMILES string of the molecule is CC1=C(C)C(=O)O[C@@H]([C@](C)(O)[C@]2(O)CC[C@@]3(O)[C@@H]4C[C@@H]5O[C@@H]6CC(=O)[C@](C)([C@H]4CC[C@]23C)[C@@]5(O)[C@H]6O)C1. The van der Waals surface area contributed by atoms with Gasteiger partial charge in [-0.1, -0.05) is 12.5 Å². The first-order chi connectivity index (χ1) is 17.0. The van der Waals surface area contributed by atoms with Gasteiger partial charge in [0.1, 0.15) is 34.8 Å². The van der Waals surface area contributed by atoms with Crippen molar-refractivity contribution >= 4 is 11.8 Å². The van der Waals surface area contributed by atoms with E-state index in [-0.39, 0.29) is 44.3 Å². The molecule has 2 heterocycles. The van der Waals surface area contributed by atoms with Gasteiger partial charge in [-0.15, -0.1) is 0 Å². The van der Waals surface area contributed by atoms with Crippen molar-refractivity contribution in [3.63, 3.8) is 0 Å². The Morgan fingerprint density at radius 3 is 2.32 bits per heavy atom. The number of hydrogen-bond donors (Lipinski definition) is 5. The fraction of sp³-hybridized carbons (Fsp3) is 0.857. The van der Waals surface area contributed by atoms with E-state index in [2.05, 4.69) is 0 Å². The van der Waals surface area contributed by atoms with Gasteiger partial charge in [0.05, 0.1) is 23.2 Å². The summed E-state index contributed by atoms with van der Waals surface area (Å²) in [6.45, 7) is 8.47. The maximum absolute atomic E-state index is 13.5. The molecule has 4 aliphatic carbocycles. The van der Waals surface area contributed by atoms with Crippen molar-refractivity contribution < 1.29 is 44.6 Å². The molecule has 4 saturated carbocycles. The summed E-state index contributed by atoms with van der Waals surface area (Å²) in [6.07, 6.45) is -2.24. The van der Waals surface area contributed by atoms with Crippen LogP contribution in [0, 0.1) is 22.7 Å². The zero-order valence-corrected chi connectivity index (χ0v) is 22.3. The lowest BCUT2D eigenvalue weighted by Crippen LogP contribution is -2.77. The maximum Gasteiger partial charge on any atom is 0.334 e. The molecular formula is C28H40O9. The minimum atomic E-state index is -1.86. The fourth-order valence-electron chi connectivity index (χ4n) is 9.84. The molecule has 5 fully saturated rings. The summed E-state index contributed by atoms with van der Waals surface area (Å²) in [7, 11) is 0. The second-order valence-corrected chi connectivity index (χ2v) is 13.5. The zero-order chi connectivity index (χ0) is 27.1. The molecule has 0 amide bonds. The van der Waals surface area contributed by atoms with Gasteiger partial charge in [0.2, 0.25) is 0 Å². The van der Waals surface area contributed by atoms with Gasteiger partial charge in [0.25, 0.3) is 0 Å². The molecule has 6 aliphatic rings. The molecule has 37 heavy (non-hydrogen) atoms. The average Bonchev–Trinajstić information content (AvgIpc) is 3.19. The zero-order valence-electron chi connectivity index (χ0n) is 22.3. The Kier molecular flexibility index (Phi) is 5.06. The topological polar surface area (TPSA) is 154 Å². The van der Waals surface area contributed by atoms with Gasteiger partial charge in [-0.3, -0.25) is 4.79 Å². The van der Waals surface area contributed by atoms with Crippen LogP contribution in [0.3, 0.4) is 0 Å². The molecule has 2 bridgehead atoms. The first kappa shape index (κ1) is 25.9. The lowest BCUT2D eigenvalue weighted by Gasteiger charge is -2.66. The van der Waals surface area contributed by atoms with E-state index in [1.165, 1.54) is 6.92 Å². The van der Waals surface area contributed by atoms with Gasteiger partial charge in [-0.05, 0) is 71.6 Å². The van der Waals surface area contributed by atoms with Crippen LogP contribution >= 0.6 is 0 Å². The third-order valence-corrected chi connectivity index (χ3v) is 12.6. The van der Waals surface area contributed by atoms with E-state index in [0.717, 1.165) is 5.57 Å². The lowest BCUT2D eigenvalue weighted by molar-refractivity contribution is -0.300. The molecule has 206 valence electrons. The van der Waals surface area contributed by atoms with E-state index in [1.54, 1.807) is 20.8 Å². The summed E-state index contributed by atoms with van der Waals surface area (Å²) in [5.41, 5.74) is -8.05. The molecule has 0 aromatic rings. The van der Waals surface area contributed by atoms with E-state index >= 15 is 0 Å².